The Hall–Kier alpha value is -4.25. The number of esters is 2. The maximum Gasteiger partial charge on any atom is 0.348 e. The van der Waals surface area contributed by atoms with Crippen molar-refractivity contribution < 1.29 is 33.3 Å². The molecule has 8 nitrogen and oxygen atoms in total. The van der Waals surface area contributed by atoms with Crippen molar-refractivity contribution in [1.82, 2.24) is 0 Å². The number of benzene rings is 2. The minimum atomic E-state index is -0.714. The molecule has 0 radical (unpaired) electrons. The van der Waals surface area contributed by atoms with Crippen LogP contribution < -0.4 is 18.9 Å². The van der Waals surface area contributed by atoms with E-state index in [-0.39, 0.29) is 17.9 Å². The zero-order valence-electron chi connectivity index (χ0n) is 18.9. The standard InChI is InChI=1S/C25H25NO7/c1-5-31-23-15-18(13-19(16-26)25(28)32-6-2)8-11-21(23)33-24(27)12-9-17-7-10-20(29-3)22(14-17)30-4/h7-15H,5-6H2,1-4H3/b12-9+,19-13+. The highest BCUT2D eigenvalue weighted by molar-refractivity contribution is 5.98. The number of methoxy groups -OCH3 is 2. The van der Waals surface area contributed by atoms with Crippen molar-refractivity contribution in [2.45, 2.75) is 13.8 Å². The van der Waals surface area contributed by atoms with Gasteiger partial charge in [-0.1, -0.05) is 12.1 Å². The molecular formula is C25H25NO7. The van der Waals surface area contributed by atoms with Crippen molar-refractivity contribution in [1.29, 1.82) is 5.26 Å². The van der Waals surface area contributed by atoms with Gasteiger partial charge in [-0.3, -0.25) is 0 Å². The van der Waals surface area contributed by atoms with Crippen molar-refractivity contribution in [3.63, 3.8) is 0 Å². The van der Waals surface area contributed by atoms with E-state index in [0.29, 0.717) is 29.4 Å². The smallest absolute Gasteiger partial charge is 0.348 e. The quantitative estimate of drug-likeness (QED) is 0.229. The number of rotatable bonds is 10. The molecule has 33 heavy (non-hydrogen) atoms. The molecule has 0 spiro atoms. The molecule has 2 aromatic rings. The van der Waals surface area contributed by atoms with Crippen molar-refractivity contribution in [3.8, 4) is 29.1 Å². The number of carbonyl (C=O) groups excluding carboxylic acids is 2. The largest absolute Gasteiger partial charge is 0.493 e. The first kappa shape index (κ1) is 25.0. The maximum absolute atomic E-state index is 12.4. The first-order valence-electron chi connectivity index (χ1n) is 10.1. The second-order valence-electron chi connectivity index (χ2n) is 6.40. The molecule has 0 saturated carbocycles. The van der Waals surface area contributed by atoms with Gasteiger partial charge in [-0.2, -0.15) is 5.26 Å². The molecule has 8 heteroatoms. The third-order valence-corrected chi connectivity index (χ3v) is 4.22. The minimum Gasteiger partial charge on any atom is -0.493 e. The van der Waals surface area contributed by atoms with Gasteiger partial charge in [0.2, 0.25) is 0 Å². The van der Waals surface area contributed by atoms with Gasteiger partial charge in [-0.25, -0.2) is 9.59 Å². The Morgan fingerprint density at radius 1 is 0.909 bits per heavy atom. The van der Waals surface area contributed by atoms with Crippen molar-refractivity contribution in [2.75, 3.05) is 27.4 Å². The van der Waals surface area contributed by atoms with Crippen molar-refractivity contribution in [2.24, 2.45) is 0 Å². The van der Waals surface area contributed by atoms with E-state index < -0.39 is 11.9 Å². The third-order valence-electron chi connectivity index (χ3n) is 4.22. The van der Waals surface area contributed by atoms with E-state index >= 15 is 0 Å². The third kappa shape index (κ3) is 7.14. The van der Waals surface area contributed by atoms with E-state index in [1.807, 2.05) is 6.07 Å². The summed E-state index contributed by atoms with van der Waals surface area (Å²) < 4.78 is 26.3. The van der Waals surface area contributed by atoms with Crippen molar-refractivity contribution >= 4 is 24.1 Å². The lowest BCUT2D eigenvalue weighted by Gasteiger charge is -2.11. The zero-order chi connectivity index (χ0) is 24.2. The number of hydrogen-bond donors (Lipinski definition) is 0. The first-order chi connectivity index (χ1) is 15.9. The summed E-state index contributed by atoms with van der Waals surface area (Å²) in [5, 5.41) is 9.20. The van der Waals surface area contributed by atoms with Crippen LogP contribution in [-0.2, 0) is 14.3 Å². The molecule has 172 valence electrons. The molecule has 0 aromatic heterocycles. The van der Waals surface area contributed by atoms with Crippen LogP contribution in [0.2, 0.25) is 0 Å². The van der Waals surface area contributed by atoms with Gasteiger partial charge in [0.05, 0.1) is 27.4 Å². The maximum atomic E-state index is 12.4. The molecule has 0 heterocycles. The van der Waals surface area contributed by atoms with Crippen LogP contribution in [0.15, 0.2) is 48.0 Å². The van der Waals surface area contributed by atoms with Gasteiger partial charge in [0.25, 0.3) is 0 Å². The molecule has 0 bridgehead atoms. The Labute approximate surface area is 192 Å². The monoisotopic (exact) mass is 451 g/mol. The minimum absolute atomic E-state index is 0.151. The summed E-state index contributed by atoms with van der Waals surface area (Å²) in [5.74, 6) is 0.281. The van der Waals surface area contributed by atoms with Gasteiger partial charge in [0, 0.05) is 6.08 Å². The van der Waals surface area contributed by atoms with Crippen LogP contribution >= 0.6 is 0 Å². The highest BCUT2D eigenvalue weighted by Gasteiger charge is 2.13. The van der Waals surface area contributed by atoms with Crippen LogP contribution in [0.1, 0.15) is 25.0 Å². The molecule has 2 rings (SSSR count). The Morgan fingerprint density at radius 3 is 2.21 bits per heavy atom. The van der Waals surface area contributed by atoms with Crippen LogP contribution in [0.25, 0.3) is 12.2 Å². The highest BCUT2D eigenvalue weighted by atomic mass is 16.6. The van der Waals surface area contributed by atoms with Crippen LogP contribution in [0.3, 0.4) is 0 Å². The van der Waals surface area contributed by atoms with Crippen LogP contribution in [0, 0.1) is 11.3 Å². The van der Waals surface area contributed by atoms with E-state index in [9.17, 15) is 14.9 Å². The lowest BCUT2D eigenvalue weighted by molar-refractivity contribution is -0.138. The van der Waals surface area contributed by atoms with E-state index in [0.717, 1.165) is 5.56 Å². The Morgan fingerprint density at radius 2 is 1.58 bits per heavy atom. The van der Waals surface area contributed by atoms with Gasteiger partial charge < -0.3 is 23.7 Å². The topological polar surface area (TPSA) is 104 Å². The second-order valence-corrected chi connectivity index (χ2v) is 6.40. The fourth-order valence-corrected chi connectivity index (χ4v) is 2.74. The summed E-state index contributed by atoms with van der Waals surface area (Å²) in [6, 6.07) is 11.7. The molecule has 0 atom stereocenters. The predicted molar refractivity (Wildman–Crippen MR) is 122 cm³/mol. The molecule has 0 unspecified atom stereocenters. The van der Waals surface area contributed by atoms with Crippen LogP contribution in [0.4, 0.5) is 0 Å². The molecule has 0 saturated heterocycles. The van der Waals surface area contributed by atoms with Gasteiger partial charge in [-0.05, 0) is 61.4 Å². The Kier molecular flexibility index (Phi) is 9.53. The molecule has 0 fully saturated rings. The summed E-state index contributed by atoms with van der Waals surface area (Å²) in [6.45, 7) is 3.92. The average Bonchev–Trinajstić information content (AvgIpc) is 2.82. The van der Waals surface area contributed by atoms with Gasteiger partial charge in [0.15, 0.2) is 23.0 Å². The SMILES string of the molecule is CCOC(=O)/C(C#N)=C/c1ccc(OC(=O)/C=C/c2ccc(OC)c(OC)c2)c(OCC)c1. The molecule has 0 aliphatic carbocycles. The zero-order valence-corrected chi connectivity index (χ0v) is 18.9. The Balaban J connectivity index is 2.21. The summed E-state index contributed by atoms with van der Waals surface area (Å²) in [4.78, 5) is 24.2. The van der Waals surface area contributed by atoms with Gasteiger partial charge in [0.1, 0.15) is 11.6 Å². The van der Waals surface area contributed by atoms with Crippen LogP contribution in [-0.4, -0.2) is 39.4 Å². The summed E-state index contributed by atoms with van der Waals surface area (Å²) in [7, 11) is 3.07. The fourth-order valence-electron chi connectivity index (χ4n) is 2.74. The van der Waals surface area contributed by atoms with Crippen molar-refractivity contribution in [3.05, 3.63) is 59.2 Å². The lowest BCUT2D eigenvalue weighted by atomic mass is 10.1. The molecule has 0 amide bonds. The fraction of sp³-hybridized carbons (Fsp3) is 0.240. The van der Waals surface area contributed by atoms with E-state index in [4.69, 9.17) is 23.7 Å². The molecule has 0 N–H and O–H groups in total. The van der Waals surface area contributed by atoms with E-state index in [1.165, 1.54) is 25.3 Å². The summed E-state index contributed by atoms with van der Waals surface area (Å²) in [5.41, 5.74) is 1.09. The number of nitrogens with zero attached hydrogens (tertiary/aromatic N) is 1. The van der Waals surface area contributed by atoms with Gasteiger partial charge >= 0.3 is 11.9 Å². The highest BCUT2D eigenvalue weighted by Crippen LogP contribution is 2.30. The number of ether oxygens (including phenoxy) is 5. The predicted octanol–water partition coefficient (Wildman–Crippen LogP) is 4.19. The molecule has 0 aliphatic heterocycles. The summed E-state index contributed by atoms with van der Waals surface area (Å²) >= 11 is 0. The number of nitriles is 1. The number of hydrogen-bond acceptors (Lipinski definition) is 8. The normalized spacial score (nSPS) is 10.9. The Bertz CT molecular complexity index is 1100. The van der Waals surface area contributed by atoms with E-state index in [1.54, 1.807) is 57.4 Å². The van der Waals surface area contributed by atoms with Crippen LogP contribution in [0.5, 0.6) is 23.0 Å². The second kappa shape index (κ2) is 12.6. The first-order valence-corrected chi connectivity index (χ1v) is 10.1. The molecular weight excluding hydrogens is 426 g/mol. The lowest BCUT2D eigenvalue weighted by Crippen LogP contribution is -2.07. The van der Waals surface area contributed by atoms with Gasteiger partial charge in [-0.15, -0.1) is 0 Å². The molecule has 2 aromatic carbocycles. The number of carbonyl (C=O) groups is 2. The summed E-state index contributed by atoms with van der Waals surface area (Å²) in [6.07, 6.45) is 4.24. The van der Waals surface area contributed by atoms with E-state index in [2.05, 4.69) is 0 Å². The molecule has 0 aliphatic rings. The average molecular weight is 451 g/mol.